The number of aldehydes is 1. The molecule has 0 fully saturated rings. The molecule has 0 saturated carbocycles. The van der Waals surface area contributed by atoms with E-state index >= 15 is 0 Å². The molecular weight excluding hydrogens is 126 g/mol. The van der Waals surface area contributed by atoms with E-state index in [1.807, 2.05) is 19.1 Å². The fraction of sp³-hybridized carbons (Fsp3) is 0.125. The molecule has 0 aliphatic heterocycles. The van der Waals surface area contributed by atoms with Crippen molar-refractivity contribution in [3.05, 3.63) is 29.6 Å². The maximum Gasteiger partial charge on any atom is 0.142 e. The van der Waals surface area contributed by atoms with Crippen LogP contribution in [0.25, 0.3) is 6.08 Å². The number of hydrogen-bond donors (Lipinski definition) is 1. The van der Waals surface area contributed by atoms with Gasteiger partial charge in [0.15, 0.2) is 0 Å². The normalized spacial score (nSPS) is 10.5. The predicted octanol–water partition coefficient (Wildman–Crippen LogP) is 1.54. The molecule has 1 heterocycles. The maximum absolute atomic E-state index is 9.88. The van der Waals surface area contributed by atoms with Crippen LogP contribution < -0.4 is 0 Å². The number of nitrogens with one attached hydrogen (secondary N) is 1. The average molecular weight is 135 g/mol. The minimum atomic E-state index is 0.760. The third-order valence-electron chi connectivity index (χ3n) is 1.21. The molecule has 0 atom stereocenters. The highest BCUT2D eigenvalue weighted by atomic mass is 16.1. The molecule has 1 aromatic heterocycles. The van der Waals surface area contributed by atoms with Gasteiger partial charge in [0.1, 0.15) is 6.29 Å². The molecule has 0 aliphatic rings. The van der Waals surface area contributed by atoms with Gasteiger partial charge in [0.25, 0.3) is 0 Å². The van der Waals surface area contributed by atoms with Gasteiger partial charge in [0, 0.05) is 11.4 Å². The zero-order valence-electron chi connectivity index (χ0n) is 5.79. The van der Waals surface area contributed by atoms with E-state index in [2.05, 4.69) is 4.98 Å². The Bertz CT molecular complexity index is 248. The molecule has 10 heavy (non-hydrogen) atoms. The number of carbonyl (C=O) groups is 1. The maximum atomic E-state index is 9.88. The molecule has 0 saturated heterocycles. The lowest BCUT2D eigenvalue weighted by Gasteiger charge is -1.81. The van der Waals surface area contributed by atoms with Crippen LogP contribution in [0.4, 0.5) is 0 Å². The minimum absolute atomic E-state index is 0.760. The molecule has 1 rings (SSSR count). The zero-order valence-corrected chi connectivity index (χ0v) is 5.79. The number of aryl methyl sites for hydroxylation is 1. The molecule has 52 valence electrons. The minimum Gasteiger partial charge on any atom is -0.359 e. The van der Waals surface area contributed by atoms with Gasteiger partial charge in [0.05, 0.1) is 0 Å². The first-order chi connectivity index (χ1) is 4.83. The first kappa shape index (κ1) is 6.81. The van der Waals surface area contributed by atoms with Crippen LogP contribution >= 0.6 is 0 Å². The third kappa shape index (κ3) is 1.58. The highest BCUT2D eigenvalue weighted by molar-refractivity contribution is 5.73. The molecule has 0 aromatic carbocycles. The van der Waals surface area contributed by atoms with Gasteiger partial charge in [-0.3, -0.25) is 4.79 Å². The van der Waals surface area contributed by atoms with Crippen LogP contribution in [0.3, 0.4) is 0 Å². The fourth-order valence-electron chi connectivity index (χ4n) is 0.766. The molecule has 2 nitrogen and oxygen atoms in total. The van der Waals surface area contributed by atoms with E-state index in [1.165, 1.54) is 6.08 Å². The van der Waals surface area contributed by atoms with Crippen molar-refractivity contribution in [1.29, 1.82) is 0 Å². The van der Waals surface area contributed by atoms with Crippen LogP contribution in [0.5, 0.6) is 0 Å². The molecule has 0 aliphatic carbocycles. The summed E-state index contributed by atoms with van der Waals surface area (Å²) in [6.45, 7) is 1.97. The molecular formula is C8H9NO. The SMILES string of the molecule is Cc1ccc(C=CC=O)[nH]1. The summed E-state index contributed by atoms with van der Waals surface area (Å²) >= 11 is 0. The molecule has 0 radical (unpaired) electrons. The summed E-state index contributed by atoms with van der Waals surface area (Å²) in [5.41, 5.74) is 2.06. The summed E-state index contributed by atoms with van der Waals surface area (Å²) < 4.78 is 0. The molecule has 0 bridgehead atoms. The Balaban J connectivity index is 2.75. The largest absolute Gasteiger partial charge is 0.359 e. The van der Waals surface area contributed by atoms with E-state index in [0.29, 0.717) is 0 Å². The molecule has 0 spiro atoms. The van der Waals surface area contributed by atoms with Gasteiger partial charge >= 0.3 is 0 Å². The standard InChI is InChI=1S/C8H9NO/c1-7-4-5-8(9-7)3-2-6-10/h2-6,9H,1H3. The number of carbonyl (C=O) groups excluding carboxylic acids is 1. The van der Waals surface area contributed by atoms with Gasteiger partial charge in [-0.05, 0) is 31.2 Å². The van der Waals surface area contributed by atoms with Gasteiger partial charge in [-0.25, -0.2) is 0 Å². The van der Waals surface area contributed by atoms with Crippen molar-refractivity contribution < 1.29 is 4.79 Å². The first-order valence-electron chi connectivity index (χ1n) is 3.10. The third-order valence-corrected chi connectivity index (χ3v) is 1.21. The number of aromatic amines is 1. The van der Waals surface area contributed by atoms with Crippen LogP contribution in [-0.2, 0) is 4.79 Å². The highest BCUT2D eigenvalue weighted by Crippen LogP contribution is 2.00. The summed E-state index contributed by atoms with van der Waals surface area (Å²) in [5, 5.41) is 0. The van der Waals surface area contributed by atoms with Crippen molar-refractivity contribution in [2.75, 3.05) is 0 Å². The summed E-state index contributed by atoms with van der Waals surface area (Å²) in [4.78, 5) is 12.9. The topological polar surface area (TPSA) is 32.9 Å². The number of aromatic nitrogens is 1. The van der Waals surface area contributed by atoms with Crippen molar-refractivity contribution in [3.63, 3.8) is 0 Å². The highest BCUT2D eigenvalue weighted by Gasteiger charge is 1.86. The molecule has 0 amide bonds. The number of H-pyrrole nitrogens is 1. The van der Waals surface area contributed by atoms with E-state index in [1.54, 1.807) is 6.08 Å². The van der Waals surface area contributed by atoms with Crippen LogP contribution in [0, 0.1) is 6.92 Å². The van der Waals surface area contributed by atoms with E-state index < -0.39 is 0 Å². The summed E-state index contributed by atoms with van der Waals surface area (Å²) in [6, 6.07) is 3.89. The van der Waals surface area contributed by atoms with Gasteiger partial charge in [0.2, 0.25) is 0 Å². The monoisotopic (exact) mass is 135 g/mol. The van der Waals surface area contributed by atoms with Gasteiger partial charge < -0.3 is 4.98 Å². The van der Waals surface area contributed by atoms with Crippen molar-refractivity contribution in [1.82, 2.24) is 4.98 Å². The van der Waals surface area contributed by atoms with Gasteiger partial charge in [-0.1, -0.05) is 0 Å². The van der Waals surface area contributed by atoms with Gasteiger partial charge in [-0.2, -0.15) is 0 Å². The quantitative estimate of drug-likeness (QED) is 0.484. The second kappa shape index (κ2) is 3.01. The Kier molecular flexibility index (Phi) is 2.05. The number of hydrogen-bond acceptors (Lipinski definition) is 1. The second-order valence-corrected chi connectivity index (χ2v) is 2.09. The van der Waals surface area contributed by atoms with Crippen LogP contribution in [0.15, 0.2) is 18.2 Å². The number of rotatable bonds is 2. The van der Waals surface area contributed by atoms with E-state index in [0.717, 1.165) is 17.7 Å². The van der Waals surface area contributed by atoms with Crippen LogP contribution in [0.2, 0.25) is 0 Å². The Labute approximate surface area is 59.6 Å². The molecule has 2 heteroatoms. The lowest BCUT2D eigenvalue weighted by molar-refractivity contribution is -0.104. The van der Waals surface area contributed by atoms with Crippen molar-refractivity contribution in [3.8, 4) is 0 Å². The van der Waals surface area contributed by atoms with Gasteiger partial charge in [-0.15, -0.1) is 0 Å². The van der Waals surface area contributed by atoms with E-state index in [4.69, 9.17) is 0 Å². The lowest BCUT2D eigenvalue weighted by atomic mass is 10.4. The fourth-order valence-corrected chi connectivity index (χ4v) is 0.766. The summed E-state index contributed by atoms with van der Waals surface area (Å²) in [5.74, 6) is 0. The zero-order chi connectivity index (χ0) is 7.40. The predicted molar refractivity (Wildman–Crippen MR) is 40.6 cm³/mol. The number of allylic oxidation sites excluding steroid dienone is 1. The first-order valence-corrected chi connectivity index (χ1v) is 3.10. The Morgan fingerprint density at radius 3 is 2.80 bits per heavy atom. The molecule has 1 aromatic rings. The van der Waals surface area contributed by atoms with E-state index in [-0.39, 0.29) is 0 Å². The summed E-state index contributed by atoms with van der Waals surface area (Å²) in [7, 11) is 0. The molecule has 1 N–H and O–H groups in total. The Hall–Kier alpha value is -1.31. The smallest absolute Gasteiger partial charge is 0.142 e. The molecule has 0 unspecified atom stereocenters. The Morgan fingerprint density at radius 2 is 2.30 bits per heavy atom. The van der Waals surface area contributed by atoms with Crippen molar-refractivity contribution in [2.45, 2.75) is 6.92 Å². The van der Waals surface area contributed by atoms with Crippen molar-refractivity contribution in [2.24, 2.45) is 0 Å². The summed E-state index contributed by atoms with van der Waals surface area (Å²) in [6.07, 6.45) is 3.96. The van der Waals surface area contributed by atoms with E-state index in [9.17, 15) is 4.79 Å². The van der Waals surface area contributed by atoms with Crippen LogP contribution in [-0.4, -0.2) is 11.3 Å². The second-order valence-electron chi connectivity index (χ2n) is 2.09. The average Bonchev–Trinajstić information content (AvgIpc) is 2.31. The lowest BCUT2D eigenvalue weighted by Crippen LogP contribution is -1.71. The van der Waals surface area contributed by atoms with Crippen molar-refractivity contribution >= 4 is 12.4 Å². The van der Waals surface area contributed by atoms with Crippen LogP contribution in [0.1, 0.15) is 11.4 Å². The Morgan fingerprint density at radius 1 is 1.50 bits per heavy atom.